The summed E-state index contributed by atoms with van der Waals surface area (Å²) < 4.78 is 14.5. The van der Waals surface area contributed by atoms with Gasteiger partial charge in [0.15, 0.2) is 5.69 Å². The lowest BCUT2D eigenvalue weighted by molar-refractivity contribution is 0.102. The zero-order valence-electron chi connectivity index (χ0n) is 15.7. The summed E-state index contributed by atoms with van der Waals surface area (Å²) in [6, 6.07) is 16.5. The molecule has 1 unspecified atom stereocenters. The third-order valence-electron chi connectivity index (χ3n) is 4.25. The standard InChI is InChI=1S/C21H19N5O2S/c1-29(2,28)26-17-8-6-16(7-9-17)23-21(27)20-18-12-14(5-10-19(18)24-25-20)15-4-3-11-22-13-15/h3-13H,1H2,2H3,(H,23,27)(H,24,25)(H,26,28). The molecule has 4 rings (SSSR count). The highest BCUT2D eigenvalue weighted by Crippen LogP contribution is 2.25. The summed E-state index contributed by atoms with van der Waals surface area (Å²) in [5.41, 5.74) is 4.26. The molecule has 2 aromatic heterocycles. The number of benzene rings is 2. The molecule has 8 heteroatoms. The highest BCUT2D eigenvalue weighted by atomic mass is 32.2. The first-order valence-electron chi connectivity index (χ1n) is 8.79. The number of nitrogens with zero attached hydrogens (tertiary/aromatic N) is 2. The molecule has 0 aliphatic rings. The van der Waals surface area contributed by atoms with Gasteiger partial charge >= 0.3 is 0 Å². The first-order chi connectivity index (χ1) is 13.9. The van der Waals surface area contributed by atoms with Gasteiger partial charge in [0, 0.05) is 50.7 Å². The van der Waals surface area contributed by atoms with Gasteiger partial charge in [-0.3, -0.25) is 14.9 Å². The minimum Gasteiger partial charge on any atom is -0.321 e. The second-order valence-electron chi connectivity index (χ2n) is 6.71. The molecule has 0 aliphatic carbocycles. The van der Waals surface area contributed by atoms with Gasteiger partial charge in [0.25, 0.3) is 5.91 Å². The van der Waals surface area contributed by atoms with E-state index in [-0.39, 0.29) is 5.91 Å². The van der Waals surface area contributed by atoms with E-state index in [9.17, 15) is 9.00 Å². The summed E-state index contributed by atoms with van der Waals surface area (Å²) >= 11 is 0. The van der Waals surface area contributed by atoms with Gasteiger partial charge in [0.2, 0.25) is 0 Å². The predicted molar refractivity (Wildman–Crippen MR) is 119 cm³/mol. The highest BCUT2D eigenvalue weighted by Gasteiger charge is 2.15. The minimum atomic E-state index is -2.36. The van der Waals surface area contributed by atoms with E-state index in [4.69, 9.17) is 0 Å². The summed E-state index contributed by atoms with van der Waals surface area (Å²) in [6.07, 6.45) is 5.01. The molecule has 0 spiro atoms. The van der Waals surface area contributed by atoms with Gasteiger partial charge in [-0.1, -0.05) is 12.1 Å². The van der Waals surface area contributed by atoms with Crippen molar-refractivity contribution in [2.75, 3.05) is 16.3 Å². The summed E-state index contributed by atoms with van der Waals surface area (Å²) in [4.78, 5) is 16.9. The summed E-state index contributed by atoms with van der Waals surface area (Å²) in [7, 11) is -2.36. The van der Waals surface area contributed by atoms with E-state index in [1.807, 2.05) is 30.3 Å². The molecule has 2 aromatic carbocycles. The predicted octanol–water partition coefficient (Wildman–Crippen LogP) is 3.55. The summed E-state index contributed by atoms with van der Waals surface area (Å²) in [6.45, 7) is 0. The zero-order valence-corrected chi connectivity index (χ0v) is 16.5. The van der Waals surface area contributed by atoms with Crippen LogP contribution in [0, 0.1) is 0 Å². The fourth-order valence-corrected chi connectivity index (χ4v) is 3.60. The van der Waals surface area contributed by atoms with Gasteiger partial charge in [-0.15, -0.1) is 0 Å². The summed E-state index contributed by atoms with van der Waals surface area (Å²) in [5.74, 6) is 3.24. The Hall–Kier alpha value is -3.65. The monoisotopic (exact) mass is 405 g/mol. The largest absolute Gasteiger partial charge is 0.321 e. The second kappa shape index (κ2) is 7.40. The van der Waals surface area contributed by atoms with Crippen LogP contribution in [0.1, 0.15) is 10.5 Å². The van der Waals surface area contributed by atoms with Crippen LogP contribution in [0.3, 0.4) is 0 Å². The molecular weight excluding hydrogens is 386 g/mol. The van der Waals surface area contributed by atoms with Crippen LogP contribution in [0.15, 0.2) is 67.0 Å². The smallest absolute Gasteiger partial charge is 0.276 e. The van der Waals surface area contributed by atoms with E-state index in [0.29, 0.717) is 17.1 Å². The number of hydrogen-bond donors (Lipinski definition) is 3. The Morgan fingerprint density at radius 3 is 2.52 bits per heavy atom. The van der Waals surface area contributed by atoms with Crippen molar-refractivity contribution in [2.45, 2.75) is 0 Å². The van der Waals surface area contributed by atoms with E-state index in [1.54, 1.807) is 36.7 Å². The molecule has 0 saturated carbocycles. The number of aromatic amines is 1. The normalized spacial score (nSPS) is 13.0. The van der Waals surface area contributed by atoms with Crippen LogP contribution in [0.4, 0.5) is 11.4 Å². The first-order valence-corrected chi connectivity index (χ1v) is 10.9. The van der Waals surface area contributed by atoms with Gasteiger partial charge in [-0.05, 0) is 53.9 Å². The molecule has 0 fully saturated rings. The molecule has 1 atom stereocenters. The SMILES string of the molecule is C=S(C)(=O)Nc1ccc(NC(=O)c2n[nH]c3ccc(-c4cccnc4)cc23)cc1. The maximum Gasteiger partial charge on any atom is 0.276 e. The van der Waals surface area contributed by atoms with Gasteiger partial charge in [-0.25, -0.2) is 4.21 Å². The average Bonchev–Trinajstić information content (AvgIpc) is 3.12. The fourth-order valence-electron chi connectivity index (χ4n) is 2.96. The highest BCUT2D eigenvalue weighted by molar-refractivity contribution is 8.00. The van der Waals surface area contributed by atoms with E-state index >= 15 is 0 Å². The van der Waals surface area contributed by atoms with Crippen molar-refractivity contribution >= 4 is 43.8 Å². The molecule has 0 aliphatic heterocycles. The number of nitrogens with one attached hydrogen (secondary N) is 3. The lowest BCUT2D eigenvalue weighted by Crippen LogP contribution is -2.13. The number of H-pyrrole nitrogens is 1. The van der Waals surface area contributed by atoms with Gasteiger partial charge < -0.3 is 10.0 Å². The van der Waals surface area contributed by atoms with Crippen molar-refractivity contribution in [2.24, 2.45) is 0 Å². The summed E-state index contributed by atoms with van der Waals surface area (Å²) in [5, 5.41) is 10.6. The Bertz CT molecular complexity index is 1280. The van der Waals surface area contributed by atoms with Gasteiger partial charge in [0.05, 0.1) is 5.52 Å². The van der Waals surface area contributed by atoms with Crippen molar-refractivity contribution in [3.05, 3.63) is 72.7 Å². The molecule has 0 bridgehead atoms. The Kier molecular flexibility index (Phi) is 4.77. The third kappa shape index (κ3) is 4.27. The Labute approximate surface area is 168 Å². The van der Waals surface area contributed by atoms with Crippen LogP contribution >= 0.6 is 0 Å². The molecule has 4 aromatic rings. The molecule has 0 radical (unpaired) electrons. The molecule has 1 amide bonds. The quantitative estimate of drug-likeness (QED) is 0.442. The molecule has 29 heavy (non-hydrogen) atoms. The van der Waals surface area contributed by atoms with Crippen molar-refractivity contribution in [3.63, 3.8) is 0 Å². The number of hydrogen-bond acceptors (Lipinski definition) is 4. The van der Waals surface area contributed by atoms with E-state index in [2.05, 4.69) is 31.1 Å². The Morgan fingerprint density at radius 2 is 1.83 bits per heavy atom. The molecule has 2 heterocycles. The van der Waals surface area contributed by atoms with Crippen molar-refractivity contribution in [1.82, 2.24) is 15.2 Å². The number of anilines is 2. The van der Waals surface area contributed by atoms with E-state index in [1.165, 1.54) is 6.26 Å². The number of carbonyl (C=O) groups excluding carboxylic acids is 1. The lowest BCUT2D eigenvalue weighted by atomic mass is 10.0. The molecule has 0 saturated heterocycles. The Balaban J connectivity index is 1.58. The van der Waals surface area contributed by atoms with Gasteiger partial charge in [-0.2, -0.15) is 5.10 Å². The van der Waals surface area contributed by atoms with Crippen LogP contribution in [-0.2, 0) is 9.71 Å². The van der Waals surface area contributed by atoms with Crippen molar-refractivity contribution < 1.29 is 9.00 Å². The fraction of sp³-hybridized carbons (Fsp3) is 0.0476. The minimum absolute atomic E-state index is 0.308. The van der Waals surface area contributed by atoms with Crippen LogP contribution in [0.2, 0.25) is 0 Å². The number of rotatable bonds is 5. The van der Waals surface area contributed by atoms with Crippen LogP contribution < -0.4 is 10.0 Å². The second-order valence-corrected chi connectivity index (χ2v) is 8.93. The maximum atomic E-state index is 12.8. The number of carbonyl (C=O) groups is 1. The van der Waals surface area contributed by atoms with E-state index in [0.717, 1.165) is 22.0 Å². The number of pyridine rings is 1. The molecule has 7 nitrogen and oxygen atoms in total. The number of fused-ring (bicyclic) bond motifs is 1. The van der Waals surface area contributed by atoms with Crippen LogP contribution in [0.25, 0.3) is 22.0 Å². The zero-order chi connectivity index (χ0) is 20.4. The van der Waals surface area contributed by atoms with Gasteiger partial charge in [0.1, 0.15) is 0 Å². The van der Waals surface area contributed by atoms with Crippen LogP contribution in [-0.4, -0.2) is 37.4 Å². The topological polar surface area (TPSA) is 99.8 Å². The molecule has 146 valence electrons. The van der Waals surface area contributed by atoms with Crippen LogP contribution in [0.5, 0.6) is 0 Å². The molecular formula is C21H19N5O2S. The Morgan fingerprint density at radius 1 is 1.07 bits per heavy atom. The molecule has 3 N–H and O–H groups in total. The number of aromatic nitrogens is 3. The maximum absolute atomic E-state index is 12.8. The third-order valence-corrected chi connectivity index (χ3v) is 4.92. The lowest BCUT2D eigenvalue weighted by Gasteiger charge is -2.09. The average molecular weight is 405 g/mol. The number of amides is 1. The van der Waals surface area contributed by atoms with Crippen molar-refractivity contribution in [1.29, 1.82) is 0 Å². The van der Waals surface area contributed by atoms with Crippen molar-refractivity contribution in [3.8, 4) is 11.1 Å². The first kappa shape index (κ1) is 18.7. The van der Waals surface area contributed by atoms with E-state index < -0.39 is 9.71 Å².